The average Bonchev–Trinajstić information content (AvgIpc) is 3.37. The molecule has 5 aromatic carbocycles. The normalized spacial score (nSPS) is 28.3. The van der Waals surface area contributed by atoms with Gasteiger partial charge in [-0.3, -0.25) is 0 Å². The number of ether oxygens (including phenoxy) is 1. The van der Waals surface area contributed by atoms with Gasteiger partial charge in [0.15, 0.2) is 5.75 Å². The zero-order valence-corrected chi connectivity index (χ0v) is 32.4. The molecule has 4 bridgehead atoms. The number of benzene rings is 5. The fourth-order valence-corrected chi connectivity index (χ4v) is 13.1. The molecule has 1 heterocycles. The summed E-state index contributed by atoms with van der Waals surface area (Å²) in [4.78, 5) is 2.56. The Labute approximate surface area is 316 Å². The van der Waals surface area contributed by atoms with Gasteiger partial charge in [-0.05, 0) is 149 Å². The van der Waals surface area contributed by atoms with Gasteiger partial charge in [0.25, 0.3) is 0 Å². The predicted octanol–water partition coefficient (Wildman–Crippen LogP) is 13.7. The lowest BCUT2D eigenvalue weighted by Gasteiger charge is -2.63. The molecular formula is C51H53NO. The van der Waals surface area contributed by atoms with E-state index in [9.17, 15) is 0 Å². The lowest BCUT2D eigenvalue weighted by molar-refractivity contribution is -0.0451. The lowest BCUT2D eigenvalue weighted by Crippen LogP contribution is -2.57. The van der Waals surface area contributed by atoms with Crippen LogP contribution in [0.4, 0.5) is 17.1 Å². The fraction of sp³-hybridized carbons (Fsp3) is 0.412. The van der Waals surface area contributed by atoms with Gasteiger partial charge in [0.2, 0.25) is 0 Å². The SMILES string of the molecule is CC1(C)CCC(C)(C)c2cc(N(c3ccc4c(c3)C(C)(C)c3ccccc3-4)c3cccc4c3Oc3ccccc3C43C4CC5CC(C4)CC3C5)ccc21. The molecule has 12 rings (SSSR count). The summed E-state index contributed by atoms with van der Waals surface area (Å²) >= 11 is 0. The third-order valence-corrected chi connectivity index (χ3v) is 15.6. The van der Waals surface area contributed by atoms with Gasteiger partial charge in [0.05, 0.1) is 5.69 Å². The standard InChI is InChI=1S/C51H53NO/c1-48(2)22-23-49(3,4)44-30-36(19-21-40(44)48)52(35-18-20-38-37-12-7-8-13-39(37)50(5,6)43(38)29-35)45-16-11-15-42-47(45)53-46-17-10-9-14-41(46)51(42)33-25-31-24-32(27-33)28-34(51)26-31/h7-21,29-34H,22-28H2,1-6H3. The first-order chi connectivity index (χ1) is 25.5. The molecule has 268 valence electrons. The molecular weight excluding hydrogens is 643 g/mol. The van der Waals surface area contributed by atoms with E-state index in [1.807, 2.05) is 0 Å². The first-order valence-electron chi connectivity index (χ1n) is 20.6. The van der Waals surface area contributed by atoms with Crippen LogP contribution in [0.3, 0.4) is 0 Å². The predicted molar refractivity (Wildman–Crippen MR) is 218 cm³/mol. The molecule has 1 aliphatic heterocycles. The maximum atomic E-state index is 7.29. The van der Waals surface area contributed by atoms with E-state index in [-0.39, 0.29) is 21.7 Å². The maximum Gasteiger partial charge on any atom is 0.155 e. The number of anilines is 3. The number of hydrogen-bond acceptors (Lipinski definition) is 2. The molecule has 4 fully saturated rings. The van der Waals surface area contributed by atoms with Crippen LogP contribution < -0.4 is 9.64 Å². The molecule has 0 saturated heterocycles. The molecule has 4 saturated carbocycles. The molecule has 2 nitrogen and oxygen atoms in total. The van der Waals surface area contributed by atoms with Crippen LogP contribution in [0, 0.1) is 23.7 Å². The van der Waals surface area contributed by atoms with Gasteiger partial charge < -0.3 is 9.64 Å². The van der Waals surface area contributed by atoms with Crippen molar-refractivity contribution in [2.24, 2.45) is 23.7 Å². The van der Waals surface area contributed by atoms with E-state index < -0.39 is 0 Å². The highest BCUT2D eigenvalue weighted by molar-refractivity contribution is 5.88. The van der Waals surface area contributed by atoms with E-state index in [0.29, 0.717) is 11.8 Å². The zero-order valence-electron chi connectivity index (χ0n) is 32.4. The Morgan fingerprint density at radius 3 is 1.83 bits per heavy atom. The van der Waals surface area contributed by atoms with Crippen molar-refractivity contribution in [3.8, 4) is 22.6 Å². The molecule has 53 heavy (non-hydrogen) atoms. The second-order valence-electron chi connectivity index (χ2n) is 19.7. The van der Waals surface area contributed by atoms with Crippen LogP contribution in [0.15, 0.2) is 103 Å². The number of fused-ring (bicyclic) bond motifs is 6. The van der Waals surface area contributed by atoms with Crippen molar-refractivity contribution in [1.82, 2.24) is 0 Å². The Bertz CT molecular complexity index is 2310. The lowest BCUT2D eigenvalue weighted by atomic mass is 9.42. The number of para-hydroxylation sites is 2. The molecule has 0 aromatic heterocycles. The van der Waals surface area contributed by atoms with Crippen molar-refractivity contribution in [2.75, 3.05) is 4.90 Å². The maximum absolute atomic E-state index is 7.29. The van der Waals surface area contributed by atoms with E-state index in [1.54, 1.807) is 0 Å². The summed E-state index contributed by atoms with van der Waals surface area (Å²) in [5, 5.41) is 0. The van der Waals surface area contributed by atoms with E-state index in [0.717, 1.165) is 29.0 Å². The highest BCUT2D eigenvalue weighted by atomic mass is 16.5. The van der Waals surface area contributed by atoms with Crippen molar-refractivity contribution in [3.63, 3.8) is 0 Å². The van der Waals surface area contributed by atoms with Crippen LogP contribution in [0.25, 0.3) is 11.1 Å². The second-order valence-corrected chi connectivity index (χ2v) is 19.7. The molecule has 7 aliphatic rings. The summed E-state index contributed by atoms with van der Waals surface area (Å²) in [6, 6.07) is 39.9. The highest BCUT2D eigenvalue weighted by Gasteiger charge is 2.61. The first-order valence-corrected chi connectivity index (χ1v) is 20.6. The summed E-state index contributed by atoms with van der Waals surface area (Å²) in [6.07, 6.45) is 9.26. The minimum absolute atomic E-state index is 0.00269. The van der Waals surface area contributed by atoms with Crippen LogP contribution in [0.2, 0.25) is 0 Å². The molecule has 0 unspecified atom stereocenters. The highest BCUT2D eigenvalue weighted by Crippen LogP contribution is 2.70. The summed E-state index contributed by atoms with van der Waals surface area (Å²) in [6.45, 7) is 14.6. The largest absolute Gasteiger partial charge is 0.455 e. The Morgan fingerprint density at radius 2 is 1.09 bits per heavy atom. The third kappa shape index (κ3) is 4.27. The van der Waals surface area contributed by atoms with Crippen LogP contribution in [-0.2, 0) is 21.7 Å². The molecule has 2 heteroatoms. The zero-order chi connectivity index (χ0) is 36.1. The molecule has 0 N–H and O–H groups in total. The summed E-state index contributed by atoms with van der Waals surface area (Å²) in [5.74, 6) is 5.25. The summed E-state index contributed by atoms with van der Waals surface area (Å²) in [7, 11) is 0. The van der Waals surface area contributed by atoms with Crippen molar-refractivity contribution in [1.29, 1.82) is 0 Å². The number of nitrogens with zero attached hydrogens (tertiary/aromatic N) is 1. The van der Waals surface area contributed by atoms with Crippen LogP contribution in [0.5, 0.6) is 11.5 Å². The van der Waals surface area contributed by atoms with Crippen molar-refractivity contribution in [2.45, 2.75) is 108 Å². The van der Waals surface area contributed by atoms with E-state index in [2.05, 4.69) is 150 Å². The van der Waals surface area contributed by atoms with Gasteiger partial charge in [-0.1, -0.05) is 108 Å². The summed E-state index contributed by atoms with van der Waals surface area (Å²) in [5.41, 5.74) is 15.1. The molecule has 6 aliphatic carbocycles. The first kappa shape index (κ1) is 32.2. The second kappa shape index (κ2) is 10.7. The minimum atomic E-state index is -0.0918. The molecule has 1 spiro atoms. The molecule has 0 atom stereocenters. The van der Waals surface area contributed by atoms with E-state index in [1.165, 1.54) is 101 Å². The van der Waals surface area contributed by atoms with Crippen molar-refractivity contribution < 1.29 is 4.74 Å². The smallest absolute Gasteiger partial charge is 0.155 e. The van der Waals surface area contributed by atoms with Crippen molar-refractivity contribution >= 4 is 17.1 Å². The van der Waals surface area contributed by atoms with Crippen molar-refractivity contribution in [3.05, 3.63) is 137 Å². The number of hydrogen-bond donors (Lipinski definition) is 0. The minimum Gasteiger partial charge on any atom is -0.455 e. The van der Waals surface area contributed by atoms with Gasteiger partial charge in [-0.2, -0.15) is 0 Å². The van der Waals surface area contributed by atoms with Gasteiger partial charge in [-0.15, -0.1) is 0 Å². The van der Waals surface area contributed by atoms with Crippen LogP contribution in [-0.4, -0.2) is 0 Å². The Balaban J connectivity index is 1.16. The topological polar surface area (TPSA) is 12.5 Å². The van der Waals surface area contributed by atoms with Gasteiger partial charge in [0.1, 0.15) is 5.75 Å². The Kier molecular flexibility index (Phi) is 6.48. The quantitative estimate of drug-likeness (QED) is 0.186. The van der Waals surface area contributed by atoms with E-state index >= 15 is 0 Å². The Hall–Kier alpha value is -4.30. The molecule has 0 radical (unpaired) electrons. The molecule has 0 amide bonds. The molecule has 5 aromatic rings. The van der Waals surface area contributed by atoms with Crippen LogP contribution >= 0.6 is 0 Å². The van der Waals surface area contributed by atoms with Gasteiger partial charge >= 0.3 is 0 Å². The monoisotopic (exact) mass is 695 g/mol. The summed E-state index contributed by atoms with van der Waals surface area (Å²) < 4.78 is 7.29. The third-order valence-electron chi connectivity index (χ3n) is 15.6. The van der Waals surface area contributed by atoms with Gasteiger partial charge in [-0.25, -0.2) is 0 Å². The van der Waals surface area contributed by atoms with Gasteiger partial charge in [0, 0.05) is 33.3 Å². The Morgan fingerprint density at radius 1 is 0.509 bits per heavy atom. The van der Waals surface area contributed by atoms with Crippen LogP contribution in [0.1, 0.15) is 120 Å². The number of rotatable bonds is 3. The average molecular weight is 696 g/mol. The fourth-order valence-electron chi connectivity index (χ4n) is 13.1. The van der Waals surface area contributed by atoms with E-state index in [4.69, 9.17) is 4.74 Å².